The molecule has 6 heteroatoms. The number of anilines is 1. The molecule has 1 rings (SSSR count). The summed E-state index contributed by atoms with van der Waals surface area (Å²) in [5, 5.41) is 8.85. The second-order valence-corrected chi connectivity index (χ2v) is 7.48. The zero-order valence-electron chi connectivity index (χ0n) is 11.5. The second kappa shape index (κ2) is 5.21. The van der Waals surface area contributed by atoms with Crippen LogP contribution in [0.1, 0.15) is 36.7 Å². The highest BCUT2D eigenvalue weighted by molar-refractivity contribution is 7.92. The standard InChI is InChI=1S/C13H19NO4S/c1-9-7-10(12(15)16)5-6-11(9)14-19(17,18)8-13(2,3)4/h5-7,14H,8H2,1-4H3,(H,15,16). The fraction of sp³-hybridized carbons (Fsp3) is 0.462. The minimum atomic E-state index is -3.45. The van der Waals surface area contributed by atoms with Crippen molar-refractivity contribution in [3.8, 4) is 0 Å². The fourth-order valence-electron chi connectivity index (χ4n) is 1.68. The molecular formula is C13H19NO4S. The van der Waals surface area contributed by atoms with Crippen LogP contribution in [0.3, 0.4) is 0 Å². The molecule has 2 N–H and O–H groups in total. The highest BCUT2D eigenvalue weighted by atomic mass is 32.2. The topological polar surface area (TPSA) is 83.5 Å². The van der Waals surface area contributed by atoms with Crippen molar-refractivity contribution in [2.75, 3.05) is 10.5 Å². The summed E-state index contributed by atoms with van der Waals surface area (Å²) in [6.45, 7) is 7.19. The first-order chi connectivity index (χ1) is 8.50. The highest BCUT2D eigenvalue weighted by Crippen LogP contribution is 2.21. The molecule has 19 heavy (non-hydrogen) atoms. The van der Waals surface area contributed by atoms with E-state index in [2.05, 4.69) is 4.72 Å². The van der Waals surface area contributed by atoms with Crippen LogP contribution in [-0.4, -0.2) is 25.2 Å². The van der Waals surface area contributed by atoms with Crippen LogP contribution in [0.25, 0.3) is 0 Å². The van der Waals surface area contributed by atoms with E-state index in [1.807, 2.05) is 20.8 Å². The van der Waals surface area contributed by atoms with Crippen molar-refractivity contribution in [1.82, 2.24) is 0 Å². The van der Waals surface area contributed by atoms with E-state index in [1.165, 1.54) is 18.2 Å². The minimum absolute atomic E-state index is 0.000121. The predicted octanol–water partition coefficient (Wildman–Crippen LogP) is 2.48. The Hall–Kier alpha value is -1.56. The maximum atomic E-state index is 12.0. The Morgan fingerprint density at radius 2 is 1.89 bits per heavy atom. The monoisotopic (exact) mass is 285 g/mol. The van der Waals surface area contributed by atoms with Crippen LogP contribution < -0.4 is 4.72 Å². The van der Waals surface area contributed by atoms with E-state index in [0.29, 0.717) is 11.3 Å². The number of aromatic carboxylic acids is 1. The summed E-state index contributed by atoms with van der Waals surface area (Å²) >= 11 is 0. The SMILES string of the molecule is Cc1cc(C(=O)O)ccc1NS(=O)(=O)CC(C)(C)C. The average molecular weight is 285 g/mol. The molecule has 0 heterocycles. The van der Waals surface area contributed by atoms with Crippen LogP contribution in [0.2, 0.25) is 0 Å². The Labute approximate surface area is 113 Å². The van der Waals surface area contributed by atoms with Crippen LogP contribution in [0, 0.1) is 12.3 Å². The number of aryl methyl sites for hydroxylation is 1. The molecule has 0 bridgehead atoms. The van der Waals surface area contributed by atoms with Crippen LogP contribution in [-0.2, 0) is 10.0 Å². The van der Waals surface area contributed by atoms with Crippen molar-refractivity contribution in [3.63, 3.8) is 0 Å². The van der Waals surface area contributed by atoms with Crippen molar-refractivity contribution < 1.29 is 18.3 Å². The Morgan fingerprint density at radius 3 is 2.32 bits per heavy atom. The molecule has 0 aliphatic heterocycles. The van der Waals surface area contributed by atoms with Crippen LogP contribution in [0.4, 0.5) is 5.69 Å². The molecule has 0 fully saturated rings. The lowest BCUT2D eigenvalue weighted by molar-refractivity contribution is 0.0697. The molecule has 0 saturated heterocycles. The van der Waals surface area contributed by atoms with Crippen molar-refractivity contribution in [2.45, 2.75) is 27.7 Å². The maximum Gasteiger partial charge on any atom is 0.335 e. The van der Waals surface area contributed by atoms with E-state index in [9.17, 15) is 13.2 Å². The lowest BCUT2D eigenvalue weighted by Gasteiger charge is -2.19. The number of benzene rings is 1. The molecule has 0 spiro atoms. The largest absolute Gasteiger partial charge is 0.478 e. The number of carboxylic acid groups (broad SMARTS) is 1. The zero-order valence-corrected chi connectivity index (χ0v) is 12.3. The molecule has 0 radical (unpaired) electrons. The summed E-state index contributed by atoms with van der Waals surface area (Å²) in [6.07, 6.45) is 0. The lowest BCUT2D eigenvalue weighted by Crippen LogP contribution is -2.26. The molecule has 5 nitrogen and oxygen atoms in total. The van der Waals surface area contributed by atoms with Gasteiger partial charge < -0.3 is 5.11 Å². The molecule has 0 unspecified atom stereocenters. The summed E-state index contributed by atoms with van der Waals surface area (Å²) in [4.78, 5) is 10.8. The predicted molar refractivity (Wildman–Crippen MR) is 75.0 cm³/mol. The van der Waals surface area contributed by atoms with Gasteiger partial charge in [0.25, 0.3) is 0 Å². The van der Waals surface area contributed by atoms with Gasteiger partial charge in [0.15, 0.2) is 0 Å². The number of carboxylic acids is 1. The molecule has 1 aromatic carbocycles. The first kappa shape index (κ1) is 15.5. The molecule has 1 aromatic rings. The van der Waals surface area contributed by atoms with E-state index in [-0.39, 0.29) is 16.7 Å². The van der Waals surface area contributed by atoms with Gasteiger partial charge in [-0.2, -0.15) is 0 Å². The van der Waals surface area contributed by atoms with Crippen LogP contribution in [0.15, 0.2) is 18.2 Å². The first-order valence-electron chi connectivity index (χ1n) is 5.85. The van der Waals surface area contributed by atoms with Gasteiger partial charge in [-0.05, 0) is 36.1 Å². The van der Waals surface area contributed by atoms with Gasteiger partial charge in [0, 0.05) is 0 Å². The molecule has 0 aromatic heterocycles. The van der Waals surface area contributed by atoms with E-state index in [1.54, 1.807) is 6.92 Å². The summed E-state index contributed by atoms with van der Waals surface area (Å²) in [5.74, 6) is -1.03. The van der Waals surface area contributed by atoms with Gasteiger partial charge in [-0.3, -0.25) is 4.72 Å². The third-order valence-electron chi connectivity index (χ3n) is 2.36. The third-order valence-corrected chi connectivity index (χ3v) is 4.14. The normalized spacial score (nSPS) is 12.2. The molecule has 0 aliphatic carbocycles. The number of sulfonamides is 1. The van der Waals surface area contributed by atoms with Crippen molar-refractivity contribution in [2.24, 2.45) is 5.41 Å². The van der Waals surface area contributed by atoms with Crippen LogP contribution >= 0.6 is 0 Å². The summed E-state index contributed by atoms with van der Waals surface area (Å²) in [6, 6.07) is 4.29. The number of hydrogen-bond donors (Lipinski definition) is 2. The Kier molecular flexibility index (Phi) is 4.25. The Bertz CT molecular complexity index is 585. The van der Waals surface area contributed by atoms with Gasteiger partial charge in [0.05, 0.1) is 17.0 Å². The van der Waals surface area contributed by atoms with Crippen molar-refractivity contribution in [3.05, 3.63) is 29.3 Å². The smallest absolute Gasteiger partial charge is 0.335 e. The summed E-state index contributed by atoms with van der Waals surface area (Å²) in [7, 11) is -3.45. The Morgan fingerprint density at radius 1 is 1.32 bits per heavy atom. The van der Waals surface area contributed by atoms with Crippen molar-refractivity contribution in [1.29, 1.82) is 0 Å². The molecule has 0 aliphatic rings. The summed E-state index contributed by atoms with van der Waals surface area (Å²) in [5.41, 5.74) is 0.781. The molecule has 106 valence electrons. The van der Waals surface area contributed by atoms with E-state index >= 15 is 0 Å². The Balaban J connectivity index is 2.98. The quantitative estimate of drug-likeness (QED) is 0.890. The van der Waals surface area contributed by atoms with Crippen molar-refractivity contribution >= 4 is 21.7 Å². The lowest BCUT2D eigenvalue weighted by atomic mass is 10.0. The maximum absolute atomic E-state index is 12.0. The van der Waals surface area contributed by atoms with E-state index in [4.69, 9.17) is 5.11 Å². The highest BCUT2D eigenvalue weighted by Gasteiger charge is 2.22. The number of hydrogen-bond acceptors (Lipinski definition) is 3. The van der Waals surface area contributed by atoms with E-state index < -0.39 is 16.0 Å². The van der Waals surface area contributed by atoms with Gasteiger partial charge in [0.1, 0.15) is 0 Å². The number of nitrogens with one attached hydrogen (secondary N) is 1. The molecule has 0 amide bonds. The van der Waals surface area contributed by atoms with Gasteiger partial charge in [-0.15, -0.1) is 0 Å². The molecular weight excluding hydrogens is 266 g/mol. The number of carbonyl (C=O) groups is 1. The number of rotatable bonds is 4. The summed E-state index contributed by atoms with van der Waals surface area (Å²) < 4.78 is 26.4. The molecule has 0 atom stereocenters. The fourth-order valence-corrected chi connectivity index (χ4v) is 3.46. The van der Waals surface area contributed by atoms with Gasteiger partial charge in [-0.1, -0.05) is 20.8 Å². The first-order valence-corrected chi connectivity index (χ1v) is 7.50. The average Bonchev–Trinajstić information content (AvgIpc) is 2.16. The van der Waals surface area contributed by atoms with Gasteiger partial charge in [0.2, 0.25) is 10.0 Å². The van der Waals surface area contributed by atoms with Crippen LogP contribution in [0.5, 0.6) is 0 Å². The minimum Gasteiger partial charge on any atom is -0.478 e. The van der Waals surface area contributed by atoms with E-state index in [0.717, 1.165) is 0 Å². The second-order valence-electron chi connectivity index (χ2n) is 5.76. The third kappa shape index (κ3) is 4.90. The van der Waals surface area contributed by atoms with Gasteiger partial charge >= 0.3 is 5.97 Å². The zero-order chi connectivity index (χ0) is 14.8. The molecule has 0 saturated carbocycles. The van der Waals surface area contributed by atoms with Gasteiger partial charge in [-0.25, -0.2) is 13.2 Å².